The summed E-state index contributed by atoms with van der Waals surface area (Å²) in [6.07, 6.45) is 0.920. The van der Waals surface area contributed by atoms with Crippen LogP contribution in [-0.2, 0) is 14.3 Å². The Balaban J connectivity index is 1.76. The molecule has 1 fully saturated rings. The van der Waals surface area contributed by atoms with Crippen molar-refractivity contribution in [3.8, 4) is 0 Å². The van der Waals surface area contributed by atoms with E-state index in [1.54, 1.807) is 0 Å². The average Bonchev–Trinajstić information content (AvgIpc) is 3.30. The maximum Gasteiger partial charge on any atom is 0.410 e. The maximum atomic E-state index is 13.0. The zero-order valence-corrected chi connectivity index (χ0v) is 18.8. The van der Waals surface area contributed by atoms with Crippen LogP contribution in [0.5, 0.6) is 0 Å². The summed E-state index contributed by atoms with van der Waals surface area (Å²) in [7, 11) is 0. The number of rotatable bonds is 3. The van der Waals surface area contributed by atoms with Gasteiger partial charge in [-0.05, 0) is 51.2 Å². The molecule has 1 saturated heterocycles. The Morgan fingerprint density at radius 3 is 2.50 bits per heavy atom. The topological polar surface area (TPSA) is 80.2 Å². The Hall–Kier alpha value is -2.57. The zero-order valence-electron chi connectivity index (χ0n) is 18.8. The molecule has 0 aromatic heterocycles. The van der Waals surface area contributed by atoms with Crippen molar-refractivity contribution in [3.05, 3.63) is 29.8 Å². The van der Waals surface area contributed by atoms with Crippen molar-refractivity contribution in [3.63, 3.8) is 0 Å². The van der Waals surface area contributed by atoms with Gasteiger partial charge >= 0.3 is 6.09 Å². The van der Waals surface area contributed by atoms with Crippen molar-refractivity contribution in [1.82, 2.24) is 4.90 Å². The fraction of sp³-hybridized carbons (Fsp3) is 0.609. The van der Waals surface area contributed by atoms with Gasteiger partial charge in [0, 0.05) is 6.54 Å². The Morgan fingerprint density at radius 2 is 1.87 bits per heavy atom. The highest BCUT2D eigenvalue weighted by atomic mass is 16.6. The maximum absolute atomic E-state index is 13.0. The largest absolute Gasteiger partial charge is 0.475 e. The molecule has 0 aliphatic carbocycles. The van der Waals surface area contributed by atoms with Crippen LogP contribution in [0.3, 0.4) is 0 Å². The Labute approximate surface area is 178 Å². The molecule has 164 valence electrons. The van der Waals surface area contributed by atoms with Crippen LogP contribution in [0, 0.1) is 5.41 Å². The van der Waals surface area contributed by atoms with Crippen LogP contribution in [-0.4, -0.2) is 53.6 Å². The minimum absolute atomic E-state index is 0.00228. The van der Waals surface area contributed by atoms with Crippen molar-refractivity contribution < 1.29 is 19.1 Å². The summed E-state index contributed by atoms with van der Waals surface area (Å²) in [4.78, 5) is 31.8. The van der Waals surface area contributed by atoms with Gasteiger partial charge in [-0.2, -0.15) is 0 Å². The number of ether oxygens (including phenoxy) is 2. The molecule has 0 radical (unpaired) electrons. The standard InChI is InChI=1S/C23H33N3O4/c1-22(2,3)18-14-29-20(25-18)15-10-7-8-11-16(15)24-19(27)17-12-9-13-26(17)21(28)30-23(4,5)6/h7-8,10-11,17-18H,9,12-14H2,1-6H3,(H,24,27)/t17-,18+/m0/s1. The SMILES string of the molecule is CC(C)(C)OC(=O)N1CCC[C@H]1C(=O)Nc1ccccc1C1=N[C@@H](C(C)(C)C)CO1. The molecule has 2 amide bonds. The second-order valence-electron chi connectivity index (χ2n) is 9.99. The monoisotopic (exact) mass is 415 g/mol. The lowest BCUT2D eigenvalue weighted by Gasteiger charge is -2.28. The van der Waals surface area contributed by atoms with Crippen molar-refractivity contribution in [2.45, 2.75) is 72.1 Å². The molecule has 0 unspecified atom stereocenters. The zero-order chi connectivity index (χ0) is 22.1. The number of hydrogen-bond acceptors (Lipinski definition) is 5. The molecule has 2 heterocycles. The molecule has 2 atom stereocenters. The summed E-state index contributed by atoms with van der Waals surface area (Å²) in [6, 6.07) is 6.98. The second-order valence-corrected chi connectivity index (χ2v) is 9.99. The summed E-state index contributed by atoms with van der Waals surface area (Å²) in [6.45, 7) is 12.9. The number of carbonyl (C=O) groups excluding carboxylic acids is 2. The van der Waals surface area contributed by atoms with E-state index in [0.717, 1.165) is 12.0 Å². The number of likely N-dealkylation sites (tertiary alicyclic amines) is 1. The third-order valence-corrected chi connectivity index (χ3v) is 5.25. The van der Waals surface area contributed by atoms with Gasteiger partial charge in [-0.1, -0.05) is 32.9 Å². The predicted molar refractivity (Wildman–Crippen MR) is 117 cm³/mol. The lowest BCUT2D eigenvalue weighted by molar-refractivity contribution is -0.120. The molecule has 7 heteroatoms. The highest BCUT2D eigenvalue weighted by molar-refractivity contribution is 6.05. The molecule has 2 aliphatic heterocycles. The smallest absolute Gasteiger partial charge is 0.410 e. The summed E-state index contributed by atoms with van der Waals surface area (Å²) >= 11 is 0. The van der Waals surface area contributed by atoms with Crippen molar-refractivity contribution in [2.75, 3.05) is 18.5 Å². The first-order chi connectivity index (χ1) is 14.0. The van der Waals surface area contributed by atoms with E-state index < -0.39 is 17.7 Å². The third kappa shape index (κ3) is 5.12. The van der Waals surface area contributed by atoms with Gasteiger partial charge in [-0.3, -0.25) is 9.69 Å². The van der Waals surface area contributed by atoms with E-state index in [1.807, 2.05) is 45.0 Å². The van der Waals surface area contributed by atoms with E-state index in [2.05, 4.69) is 26.1 Å². The normalized spacial score (nSPS) is 21.8. The lowest BCUT2D eigenvalue weighted by atomic mass is 9.88. The third-order valence-electron chi connectivity index (χ3n) is 5.25. The molecular weight excluding hydrogens is 382 g/mol. The van der Waals surface area contributed by atoms with E-state index >= 15 is 0 Å². The number of hydrogen-bond donors (Lipinski definition) is 1. The molecule has 0 saturated carbocycles. The number of aliphatic imine (C=N–C) groups is 1. The van der Waals surface area contributed by atoms with Crippen LogP contribution in [0.15, 0.2) is 29.3 Å². The minimum atomic E-state index is -0.602. The summed E-state index contributed by atoms with van der Waals surface area (Å²) in [5.41, 5.74) is 0.776. The van der Waals surface area contributed by atoms with Crippen molar-refractivity contribution >= 4 is 23.6 Å². The van der Waals surface area contributed by atoms with Crippen LogP contribution in [0.4, 0.5) is 10.5 Å². The fourth-order valence-electron chi connectivity index (χ4n) is 3.54. The Bertz CT molecular complexity index is 836. The van der Waals surface area contributed by atoms with E-state index in [-0.39, 0.29) is 17.4 Å². The van der Waals surface area contributed by atoms with Crippen LogP contribution < -0.4 is 5.32 Å². The molecule has 0 spiro atoms. The number of nitrogens with zero attached hydrogens (tertiary/aromatic N) is 2. The number of amides is 2. The van der Waals surface area contributed by atoms with E-state index in [4.69, 9.17) is 14.5 Å². The molecule has 3 rings (SSSR count). The predicted octanol–water partition coefficient (Wildman–Crippen LogP) is 4.22. The molecule has 0 bridgehead atoms. The number of nitrogens with one attached hydrogen (secondary N) is 1. The molecule has 1 N–H and O–H groups in total. The number of benzene rings is 1. The van der Waals surface area contributed by atoms with Crippen LogP contribution in [0.1, 0.15) is 59.9 Å². The molecule has 1 aromatic rings. The number of para-hydroxylation sites is 1. The van der Waals surface area contributed by atoms with Gasteiger partial charge in [0.25, 0.3) is 0 Å². The van der Waals surface area contributed by atoms with E-state index in [1.165, 1.54) is 4.90 Å². The van der Waals surface area contributed by atoms with Crippen LogP contribution >= 0.6 is 0 Å². The second kappa shape index (κ2) is 8.28. The molecule has 30 heavy (non-hydrogen) atoms. The summed E-state index contributed by atoms with van der Waals surface area (Å²) in [5.74, 6) is 0.318. The first kappa shape index (κ1) is 22.1. The fourth-order valence-corrected chi connectivity index (χ4v) is 3.54. The van der Waals surface area contributed by atoms with Crippen LogP contribution in [0.25, 0.3) is 0 Å². The first-order valence-electron chi connectivity index (χ1n) is 10.6. The van der Waals surface area contributed by atoms with Gasteiger partial charge in [0.2, 0.25) is 11.8 Å². The Morgan fingerprint density at radius 1 is 1.17 bits per heavy atom. The average molecular weight is 416 g/mol. The highest BCUT2D eigenvalue weighted by Crippen LogP contribution is 2.30. The van der Waals surface area contributed by atoms with Crippen molar-refractivity contribution in [2.24, 2.45) is 10.4 Å². The van der Waals surface area contributed by atoms with Gasteiger partial charge in [0.1, 0.15) is 18.2 Å². The first-order valence-corrected chi connectivity index (χ1v) is 10.6. The molecule has 7 nitrogen and oxygen atoms in total. The van der Waals surface area contributed by atoms with E-state index in [9.17, 15) is 9.59 Å². The summed E-state index contributed by atoms with van der Waals surface area (Å²) < 4.78 is 11.3. The number of anilines is 1. The van der Waals surface area contributed by atoms with Gasteiger partial charge in [0.05, 0.1) is 17.3 Å². The van der Waals surface area contributed by atoms with Gasteiger partial charge < -0.3 is 14.8 Å². The van der Waals surface area contributed by atoms with Crippen molar-refractivity contribution in [1.29, 1.82) is 0 Å². The van der Waals surface area contributed by atoms with Crippen LogP contribution in [0.2, 0.25) is 0 Å². The molecule has 1 aromatic carbocycles. The summed E-state index contributed by atoms with van der Waals surface area (Å²) in [5, 5.41) is 2.98. The Kier molecular flexibility index (Phi) is 6.11. The van der Waals surface area contributed by atoms with Gasteiger partial charge in [-0.25, -0.2) is 9.79 Å². The van der Waals surface area contributed by atoms with Gasteiger partial charge in [0.15, 0.2) is 0 Å². The quantitative estimate of drug-likeness (QED) is 0.802. The highest BCUT2D eigenvalue weighted by Gasteiger charge is 2.37. The molecular formula is C23H33N3O4. The molecule has 2 aliphatic rings. The lowest BCUT2D eigenvalue weighted by Crippen LogP contribution is -2.45. The number of carbonyl (C=O) groups is 2. The van der Waals surface area contributed by atoms with E-state index in [0.29, 0.717) is 31.2 Å². The minimum Gasteiger partial charge on any atom is -0.475 e. The van der Waals surface area contributed by atoms with Gasteiger partial charge in [-0.15, -0.1) is 0 Å².